The molecule has 4 aliphatic carbocycles. The van der Waals surface area contributed by atoms with Gasteiger partial charge in [0.15, 0.2) is 0 Å². The number of rotatable bonds is 2. The van der Waals surface area contributed by atoms with Crippen molar-refractivity contribution >= 4 is 11.8 Å². The lowest BCUT2D eigenvalue weighted by Crippen LogP contribution is -2.57. The van der Waals surface area contributed by atoms with Gasteiger partial charge in [0.2, 0.25) is 0 Å². The highest BCUT2D eigenvalue weighted by Crippen LogP contribution is 2.66. The van der Waals surface area contributed by atoms with Crippen molar-refractivity contribution in [2.75, 3.05) is 0 Å². The van der Waals surface area contributed by atoms with Gasteiger partial charge in [-0.15, -0.1) is 0 Å². The van der Waals surface area contributed by atoms with E-state index in [1.54, 1.807) is 0 Å². The van der Waals surface area contributed by atoms with Crippen LogP contribution in [-0.2, 0) is 14.3 Å². The fraction of sp³-hybridized carbons (Fsp3) is 0.913. The zero-order valence-electron chi connectivity index (χ0n) is 17.1. The van der Waals surface area contributed by atoms with Crippen LogP contribution in [0.1, 0.15) is 85.5 Å². The Labute approximate surface area is 158 Å². The van der Waals surface area contributed by atoms with Crippen molar-refractivity contribution < 1.29 is 14.3 Å². The SMILES string of the molecule is CC(=O)OC(C)[C@H]1CC[C@H]2[C@@H]3CCC4CCCC[C@]4(C)[C@H]3CC(=O)[C@]12C. The van der Waals surface area contributed by atoms with Crippen LogP contribution in [0.5, 0.6) is 0 Å². The number of hydrogen-bond acceptors (Lipinski definition) is 3. The summed E-state index contributed by atoms with van der Waals surface area (Å²) in [5.74, 6) is 3.07. The second-order valence-corrected chi connectivity index (χ2v) is 10.3. The summed E-state index contributed by atoms with van der Waals surface area (Å²) in [4.78, 5) is 25.0. The highest BCUT2D eigenvalue weighted by atomic mass is 16.5. The Morgan fingerprint density at radius 3 is 2.58 bits per heavy atom. The van der Waals surface area contributed by atoms with E-state index in [0.717, 1.165) is 25.2 Å². The number of carbonyl (C=O) groups excluding carboxylic acids is 2. The van der Waals surface area contributed by atoms with Gasteiger partial charge in [0.05, 0.1) is 0 Å². The van der Waals surface area contributed by atoms with Gasteiger partial charge in [-0.2, -0.15) is 0 Å². The van der Waals surface area contributed by atoms with Crippen LogP contribution in [0, 0.1) is 40.4 Å². The maximum Gasteiger partial charge on any atom is 0.302 e. The third-order valence-electron chi connectivity index (χ3n) is 9.43. The van der Waals surface area contributed by atoms with E-state index in [9.17, 15) is 9.59 Å². The lowest BCUT2D eigenvalue weighted by Gasteiger charge is -2.60. The van der Waals surface area contributed by atoms with Gasteiger partial charge in [-0.05, 0) is 74.5 Å². The van der Waals surface area contributed by atoms with E-state index in [4.69, 9.17) is 4.74 Å². The van der Waals surface area contributed by atoms with E-state index >= 15 is 0 Å². The Balaban J connectivity index is 1.63. The molecule has 0 spiro atoms. The lowest BCUT2D eigenvalue weighted by atomic mass is 9.44. The highest BCUT2D eigenvalue weighted by molar-refractivity contribution is 5.87. The minimum Gasteiger partial charge on any atom is -0.463 e. The molecule has 0 saturated heterocycles. The molecule has 0 bridgehead atoms. The topological polar surface area (TPSA) is 43.4 Å². The Morgan fingerprint density at radius 2 is 1.85 bits per heavy atom. The average molecular weight is 361 g/mol. The van der Waals surface area contributed by atoms with Crippen molar-refractivity contribution in [2.24, 2.45) is 40.4 Å². The molecule has 0 aliphatic heterocycles. The number of Topliss-reactive ketones (excluding diaryl/α,β-unsaturated/α-hetero) is 1. The van der Waals surface area contributed by atoms with Crippen LogP contribution in [-0.4, -0.2) is 17.9 Å². The largest absolute Gasteiger partial charge is 0.463 e. The molecule has 0 aromatic heterocycles. The van der Waals surface area contributed by atoms with E-state index < -0.39 is 0 Å². The smallest absolute Gasteiger partial charge is 0.302 e. The first-order valence-electron chi connectivity index (χ1n) is 11.0. The van der Waals surface area contributed by atoms with Gasteiger partial charge >= 0.3 is 5.97 Å². The Hall–Kier alpha value is -0.860. The van der Waals surface area contributed by atoms with Gasteiger partial charge in [0.1, 0.15) is 11.9 Å². The van der Waals surface area contributed by atoms with E-state index in [1.165, 1.54) is 45.4 Å². The van der Waals surface area contributed by atoms with Crippen molar-refractivity contribution in [2.45, 2.75) is 91.6 Å². The Kier molecular flexibility index (Phi) is 4.51. The van der Waals surface area contributed by atoms with Crippen LogP contribution in [0.15, 0.2) is 0 Å². The summed E-state index contributed by atoms with van der Waals surface area (Å²) in [6, 6.07) is 0. The number of ether oxygens (including phenoxy) is 1. The molecule has 0 heterocycles. The van der Waals surface area contributed by atoms with E-state index in [2.05, 4.69) is 13.8 Å². The van der Waals surface area contributed by atoms with E-state index in [-0.39, 0.29) is 23.4 Å². The van der Waals surface area contributed by atoms with Gasteiger partial charge in [0.25, 0.3) is 0 Å². The summed E-state index contributed by atoms with van der Waals surface area (Å²) in [5.41, 5.74) is 0.103. The molecule has 0 amide bonds. The molecule has 4 aliphatic rings. The summed E-state index contributed by atoms with van der Waals surface area (Å²) in [7, 11) is 0. The summed E-state index contributed by atoms with van der Waals surface area (Å²) in [6.07, 6.45) is 10.9. The Bertz CT molecular complexity index is 598. The molecule has 3 nitrogen and oxygen atoms in total. The first kappa shape index (κ1) is 18.5. The van der Waals surface area contributed by atoms with E-state index in [0.29, 0.717) is 29.0 Å². The quantitative estimate of drug-likeness (QED) is 0.638. The molecule has 2 unspecified atom stereocenters. The number of hydrogen-bond donors (Lipinski definition) is 0. The standard InChI is InChI=1S/C23H36O3/c1-14(26-15(2)24)18-10-11-19-17-9-8-16-7-5-6-12-22(16,3)20(17)13-21(25)23(18,19)4/h14,16-20H,5-13H2,1-4H3/t14?,16?,17-,18+,19-,20-,22-,23+/m0/s1. The summed E-state index contributed by atoms with van der Waals surface area (Å²) >= 11 is 0. The molecule has 4 rings (SSSR count). The molecule has 146 valence electrons. The zero-order valence-corrected chi connectivity index (χ0v) is 17.1. The van der Waals surface area contributed by atoms with Gasteiger partial charge < -0.3 is 4.74 Å². The molecular formula is C23H36O3. The monoisotopic (exact) mass is 360 g/mol. The molecule has 8 atom stereocenters. The first-order valence-corrected chi connectivity index (χ1v) is 11.0. The molecule has 0 N–H and O–H groups in total. The van der Waals surface area contributed by atoms with Gasteiger partial charge in [0, 0.05) is 24.7 Å². The summed E-state index contributed by atoms with van der Waals surface area (Å²) in [6.45, 7) is 8.20. The second-order valence-electron chi connectivity index (χ2n) is 10.3. The first-order chi connectivity index (χ1) is 12.3. The highest BCUT2D eigenvalue weighted by Gasteiger charge is 2.64. The lowest BCUT2D eigenvalue weighted by molar-refractivity contribution is -0.165. The molecular weight excluding hydrogens is 324 g/mol. The second kappa shape index (κ2) is 6.34. The molecule has 3 heteroatoms. The normalized spacial score (nSPS) is 48.9. The summed E-state index contributed by atoms with van der Waals surface area (Å²) < 4.78 is 5.55. The predicted molar refractivity (Wildman–Crippen MR) is 101 cm³/mol. The van der Waals surface area contributed by atoms with Crippen molar-refractivity contribution in [1.29, 1.82) is 0 Å². The predicted octanol–water partition coefficient (Wildman–Crippen LogP) is 5.17. The maximum absolute atomic E-state index is 13.5. The minimum absolute atomic E-state index is 0.149. The van der Waals surface area contributed by atoms with Gasteiger partial charge in [-0.3, -0.25) is 9.59 Å². The third kappa shape index (κ3) is 2.52. The van der Waals surface area contributed by atoms with Crippen molar-refractivity contribution in [3.8, 4) is 0 Å². The van der Waals surface area contributed by atoms with E-state index in [1.807, 2.05) is 6.92 Å². The fourth-order valence-corrected chi connectivity index (χ4v) is 8.13. The van der Waals surface area contributed by atoms with Crippen molar-refractivity contribution in [3.05, 3.63) is 0 Å². The maximum atomic E-state index is 13.5. The Morgan fingerprint density at radius 1 is 1.08 bits per heavy atom. The molecule has 0 radical (unpaired) electrons. The van der Waals surface area contributed by atoms with Crippen molar-refractivity contribution in [1.82, 2.24) is 0 Å². The zero-order chi connectivity index (χ0) is 18.7. The summed E-state index contributed by atoms with van der Waals surface area (Å²) in [5, 5.41) is 0. The number of fused-ring (bicyclic) bond motifs is 5. The van der Waals surface area contributed by atoms with Gasteiger partial charge in [-0.25, -0.2) is 0 Å². The molecule has 4 fully saturated rings. The van der Waals surface area contributed by atoms with Crippen molar-refractivity contribution in [3.63, 3.8) is 0 Å². The van der Waals surface area contributed by atoms with Crippen LogP contribution in [0.3, 0.4) is 0 Å². The minimum atomic E-state index is -0.284. The van der Waals surface area contributed by atoms with Crippen LogP contribution in [0.2, 0.25) is 0 Å². The average Bonchev–Trinajstić information content (AvgIpc) is 2.94. The number of esters is 1. The number of ketones is 1. The molecule has 0 aromatic rings. The molecule has 4 saturated carbocycles. The van der Waals surface area contributed by atoms with Crippen LogP contribution in [0.25, 0.3) is 0 Å². The number of carbonyl (C=O) groups is 2. The van der Waals surface area contributed by atoms with Crippen LogP contribution < -0.4 is 0 Å². The van der Waals surface area contributed by atoms with Crippen LogP contribution in [0.4, 0.5) is 0 Å². The third-order valence-corrected chi connectivity index (χ3v) is 9.43. The molecule has 26 heavy (non-hydrogen) atoms. The van der Waals surface area contributed by atoms with Gasteiger partial charge in [-0.1, -0.05) is 26.7 Å². The van der Waals surface area contributed by atoms with Crippen LogP contribution >= 0.6 is 0 Å². The fourth-order valence-electron chi connectivity index (χ4n) is 8.13. The molecule has 0 aromatic carbocycles.